The van der Waals surface area contributed by atoms with E-state index in [2.05, 4.69) is 99.3 Å². The van der Waals surface area contributed by atoms with Gasteiger partial charge in [0, 0.05) is 35.9 Å². The van der Waals surface area contributed by atoms with E-state index in [0.29, 0.717) is 0 Å². The van der Waals surface area contributed by atoms with Crippen molar-refractivity contribution < 1.29 is 8.22 Å². The summed E-state index contributed by atoms with van der Waals surface area (Å²) in [5.41, 5.74) is 12.7. The molecule has 0 unspecified atom stereocenters. The summed E-state index contributed by atoms with van der Waals surface area (Å²) in [4.78, 5) is 2.22. The van der Waals surface area contributed by atoms with Crippen LogP contribution < -0.4 is 4.90 Å². The second-order valence-corrected chi connectivity index (χ2v) is 13.4. The van der Waals surface area contributed by atoms with Crippen LogP contribution in [0.15, 0.2) is 127 Å². The van der Waals surface area contributed by atoms with Gasteiger partial charge < -0.3 is 4.90 Å². The van der Waals surface area contributed by atoms with E-state index in [9.17, 15) is 0 Å². The van der Waals surface area contributed by atoms with Crippen LogP contribution in [0.2, 0.25) is 0 Å². The maximum atomic E-state index is 8.63. The highest BCUT2D eigenvalue weighted by Crippen LogP contribution is 2.57. The molecule has 0 saturated heterocycles. The molecule has 0 heterocycles. The van der Waals surface area contributed by atoms with Gasteiger partial charge in [0.2, 0.25) is 0 Å². The van der Waals surface area contributed by atoms with Crippen molar-refractivity contribution in [2.24, 2.45) is 0 Å². The Morgan fingerprint density at radius 1 is 0.467 bits per heavy atom. The smallest absolute Gasteiger partial charge is 0.0546 e. The van der Waals surface area contributed by atoms with Gasteiger partial charge in [-0.15, -0.1) is 0 Å². The number of hydrogen-bond acceptors (Lipinski definition) is 1. The fraction of sp³-hybridized carbons (Fsp3) is 0.182. The normalized spacial score (nSPS) is 17.3. The SMILES string of the molecule is [2H]C([2H])([2H])c1ccc2c(c1)C(C)(C)c1cc(C([2H])([2H])[2H])cc(N(c3ccc4c(c3)C(C)(C)c3ccccc3-4)c3ccccc3-c3ccccc3)c1-2. The molecule has 0 radical (unpaired) electrons. The Bertz CT molecular complexity index is 2350. The third kappa shape index (κ3) is 4.07. The first kappa shape index (κ1) is 21.8. The molecule has 0 fully saturated rings. The van der Waals surface area contributed by atoms with Crippen LogP contribution in [-0.4, -0.2) is 0 Å². The Balaban J connectivity index is 1.47. The first-order chi connectivity index (χ1) is 24.1. The lowest BCUT2D eigenvalue weighted by molar-refractivity contribution is 0.659. The van der Waals surface area contributed by atoms with Crippen LogP contribution in [0.3, 0.4) is 0 Å². The summed E-state index contributed by atoms with van der Waals surface area (Å²) in [5, 5.41) is 0. The number of benzene rings is 6. The Kier molecular flexibility index (Phi) is 4.74. The largest absolute Gasteiger partial charge is 0.309 e. The highest BCUT2D eigenvalue weighted by molar-refractivity contribution is 5.98. The predicted octanol–water partition coefficient (Wildman–Crippen LogP) is 12.1. The molecule has 220 valence electrons. The molecule has 0 N–H and O–H groups in total. The molecule has 2 aliphatic rings. The minimum Gasteiger partial charge on any atom is -0.309 e. The molecule has 1 nitrogen and oxygen atoms in total. The molecule has 1 heteroatoms. The lowest BCUT2D eigenvalue weighted by atomic mass is 9.81. The van der Waals surface area contributed by atoms with E-state index in [4.69, 9.17) is 8.22 Å². The minimum absolute atomic E-state index is 0.240. The van der Waals surface area contributed by atoms with E-state index < -0.39 is 19.1 Å². The fourth-order valence-corrected chi connectivity index (χ4v) is 7.77. The molecule has 6 aromatic carbocycles. The van der Waals surface area contributed by atoms with Gasteiger partial charge in [-0.2, -0.15) is 0 Å². The van der Waals surface area contributed by atoms with Crippen LogP contribution >= 0.6 is 0 Å². The Hall–Kier alpha value is -4.88. The van der Waals surface area contributed by atoms with Crippen molar-refractivity contribution in [3.8, 4) is 33.4 Å². The van der Waals surface area contributed by atoms with Crippen LogP contribution in [0.5, 0.6) is 0 Å². The number of fused-ring (bicyclic) bond motifs is 6. The van der Waals surface area contributed by atoms with Crippen molar-refractivity contribution in [3.63, 3.8) is 0 Å². The van der Waals surface area contributed by atoms with Gasteiger partial charge in [-0.05, 0) is 88.0 Å². The van der Waals surface area contributed by atoms with Gasteiger partial charge >= 0.3 is 0 Å². The molecule has 0 atom stereocenters. The van der Waals surface area contributed by atoms with Crippen molar-refractivity contribution in [3.05, 3.63) is 161 Å². The van der Waals surface area contributed by atoms with Gasteiger partial charge in [0.25, 0.3) is 0 Å². The Labute approximate surface area is 276 Å². The van der Waals surface area contributed by atoms with Crippen molar-refractivity contribution in [1.29, 1.82) is 0 Å². The minimum atomic E-state index is -2.38. The van der Waals surface area contributed by atoms with E-state index in [1.165, 1.54) is 22.3 Å². The average molecular weight is 588 g/mol. The van der Waals surface area contributed by atoms with Gasteiger partial charge in [0.15, 0.2) is 0 Å². The third-order valence-corrected chi connectivity index (χ3v) is 10.0. The summed E-state index contributed by atoms with van der Waals surface area (Å²) in [6.45, 7) is 3.99. The number of para-hydroxylation sites is 1. The molecule has 0 amide bonds. The van der Waals surface area contributed by atoms with E-state index in [1.807, 2.05) is 48.5 Å². The number of hydrogen-bond donors (Lipinski definition) is 0. The maximum absolute atomic E-state index is 8.63. The summed E-state index contributed by atoms with van der Waals surface area (Å²) in [6, 6.07) is 42.7. The van der Waals surface area contributed by atoms with Crippen LogP contribution in [0.4, 0.5) is 17.1 Å². The highest BCUT2D eigenvalue weighted by Gasteiger charge is 2.40. The molecule has 0 saturated carbocycles. The first-order valence-corrected chi connectivity index (χ1v) is 15.6. The Morgan fingerprint density at radius 2 is 1.09 bits per heavy atom. The molecule has 0 aliphatic heterocycles. The lowest BCUT2D eigenvalue weighted by Gasteiger charge is -2.32. The standard InChI is InChI=1S/C44H39N/c1-28-20-22-35-37(24-28)44(5,6)39-25-29(2)26-41(42(35)39)45(40-19-13-11-16-32(40)30-14-8-7-9-15-30)31-21-23-34-33-17-10-12-18-36(33)43(3,4)38(34)27-31/h7-27H,1-6H3/i1D3,2D3. The molecular formula is C44H39N. The van der Waals surface area contributed by atoms with Gasteiger partial charge in [-0.3, -0.25) is 0 Å². The Morgan fingerprint density at radius 3 is 1.89 bits per heavy atom. The van der Waals surface area contributed by atoms with Crippen molar-refractivity contribution in [2.75, 3.05) is 4.90 Å². The summed E-state index contributed by atoms with van der Waals surface area (Å²) in [7, 11) is 0. The molecule has 8 rings (SSSR count). The average Bonchev–Trinajstić information content (AvgIpc) is 3.47. The summed E-state index contributed by atoms with van der Waals surface area (Å²) < 4.78 is 50.4. The third-order valence-electron chi connectivity index (χ3n) is 10.0. The zero-order chi connectivity index (χ0) is 36.1. The van der Waals surface area contributed by atoms with Gasteiger partial charge in [-0.1, -0.05) is 136 Å². The molecule has 0 spiro atoms. The molecule has 45 heavy (non-hydrogen) atoms. The number of nitrogens with zero attached hydrogens (tertiary/aromatic N) is 1. The van der Waals surface area contributed by atoms with Gasteiger partial charge in [-0.25, -0.2) is 0 Å². The number of aryl methyl sites for hydroxylation is 2. The zero-order valence-corrected chi connectivity index (χ0v) is 26.1. The van der Waals surface area contributed by atoms with E-state index >= 15 is 0 Å². The van der Waals surface area contributed by atoms with Crippen molar-refractivity contribution in [2.45, 2.75) is 52.2 Å². The first-order valence-electron chi connectivity index (χ1n) is 18.6. The van der Waals surface area contributed by atoms with Crippen molar-refractivity contribution >= 4 is 17.1 Å². The van der Waals surface area contributed by atoms with Crippen molar-refractivity contribution in [1.82, 2.24) is 0 Å². The predicted molar refractivity (Wildman–Crippen MR) is 191 cm³/mol. The van der Waals surface area contributed by atoms with E-state index in [0.717, 1.165) is 50.4 Å². The second kappa shape index (κ2) is 9.81. The molecule has 0 aromatic heterocycles. The van der Waals surface area contributed by atoms with Crippen LogP contribution in [0.1, 0.15) is 69.3 Å². The topological polar surface area (TPSA) is 3.24 Å². The van der Waals surface area contributed by atoms with Crippen LogP contribution in [0, 0.1) is 13.7 Å². The summed E-state index contributed by atoms with van der Waals surface area (Å²) >= 11 is 0. The van der Waals surface area contributed by atoms with Gasteiger partial charge in [0.05, 0.1) is 11.4 Å². The molecule has 6 aromatic rings. The van der Waals surface area contributed by atoms with Crippen LogP contribution in [0.25, 0.3) is 33.4 Å². The quantitative estimate of drug-likeness (QED) is 0.198. The van der Waals surface area contributed by atoms with Crippen LogP contribution in [-0.2, 0) is 10.8 Å². The molecular weight excluding hydrogens is 542 g/mol. The second-order valence-electron chi connectivity index (χ2n) is 13.4. The monoisotopic (exact) mass is 587 g/mol. The highest BCUT2D eigenvalue weighted by atomic mass is 15.1. The summed E-state index contributed by atoms with van der Waals surface area (Å²) in [6.07, 6.45) is 0. The lowest BCUT2D eigenvalue weighted by Crippen LogP contribution is -2.18. The number of anilines is 3. The zero-order valence-electron chi connectivity index (χ0n) is 32.1. The van der Waals surface area contributed by atoms with E-state index in [1.54, 1.807) is 12.1 Å². The molecule has 2 aliphatic carbocycles. The van der Waals surface area contributed by atoms with E-state index in [-0.39, 0.29) is 16.5 Å². The molecule has 0 bridgehead atoms. The number of rotatable bonds is 4. The van der Waals surface area contributed by atoms with Gasteiger partial charge in [0.1, 0.15) is 0 Å². The maximum Gasteiger partial charge on any atom is 0.0546 e. The fourth-order valence-electron chi connectivity index (χ4n) is 7.77. The summed E-state index contributed by atoms with van der Waals surface area (Å²) in [5.74, 6) is 0.